The molecule has 0 bridgehead atoms. The Hall–Kier alpha value is -3.23. The molecule has 27 heavy (non-hydrogen) atoms. The van der Waals surface area contributed by atoms with Crippen molar-refractivity contribution in [1.29, 1.82) is 0 Å². The average Bonchev–Trinajstić information content (AvgIpc) is 2.97. The van der Waals surface area contributed by atoms with Crippen molar-refractivity contribution in [1.82, 2.24) is 4.98 Å². The Bertz CT molecular complexity index is 1100. The summed E-state index contributed by atoms with van der Waals surface area (Å²) in [5, 5.41) is 12.2. The molecular weight excluding hydrogens is 364 g/mol. The molecule has 1 aromatic carbocycles. The Morgan fingerprint density at radius 3 is 2.63 bits per heavy atom. The first-order valence-corrected chi connectivity index (χ1v) is 9.01. The number of amides is 1. The minimum atomic E-state index is -0.353. The van der Waals surface area contributed by atoms with Crippen LogP contribution >= 0.6 is 11.3 Å². The van der Waals surface area contributed by atoms with Crippen LogP contribution in [-0.2, 0) is 6.42 Å². The molecule has 5 N–H and O–H groups in total. The molecule has 0 unspecified atom stereocenters. The molecule has 8 heteroatoms. The third kappa shape index (κ3) is 3.05. The first-order valence-electron chi connectivity index (χ1n) is 8.19. The number of benzene rings is 1. The average molecular weight is 380 g/mol. The first-order chi connectivity index (χ1) is 13.0. The van der Waals surface area contributed by atoms with E-state index in [4.69, 9.17) is 10.9 Å². The van der Waals surface area contributed by atoms with Gasteiger partial charge in [0.1, 0.15) is 9.71 Å². The molecule has 0 saturated heterocycles. The van der Waals surface area contributed by atoms with Crippen LogP contribution in [0.3, 0.4) is 0 Å². The lowest BCUT2D eigenvalue weighted by molar-refractivity contribution is 0.0985. The van der Waals surface area contributed by atoms with Gasteiger partial charge < -0.3 is 11.1 Å². The van der Waals surface area contributed by atoms with Gasteiger partial charge in [-0.15, -0.1) is 11.3 Å². The van der Waals surface area contributed by atoms with Crippen molar-refractivity contribution in [2.24, 2.45) is 0 Å². The molecule has 0 saturated carbocycles. The molecule has 1 aliphatic carbocycles. The minimum Gasteiger partial charge on any atom is -0.397 e. The second-order valence-electron chi connectivity index (χ2n) is 6.35. The zero-order chi connectivity index (χ0) is 19.1. The number of nitrogens with one attached hydrogen (secondary N) is 2. The molecule has 1 amide bonds. The number of nitrogen functional groups attached to an aromatic ring is 1. The molecule has 0 atom stereocenters. The van der Waals surface area contributed by atoms with Gasteiger partial charge in [-0.3, -0.25) is 20.3 Å². The van der Waals surface area contributed by atoms with Crippen molar-refractivity contribution in [3.63, 3.8) is 0 Å². The number of Topliss-reactive ketones (excluding diaryl/α,β-unsaturated/α-hetero) is 1. The maximum Gasteiger partial charge on any atom is 0.267 e. The number of rotatable bonds is 3. The van der Waals surface area contributed by atoms with E-state index in [9.17, 15) is 9.59 Å². The zero-order valence-electron chi connectivity index (χ0n) is 14.2. The van der Waals surface area contributed by atoms with Gasteiger partial charge >= 0.3 is 0 Å². The fourth-order valence-corrected chi connectivity index (χ4v) is 4.05. The van der Waals surface area contributed by atoms with E-state index in [2.05, 4.69) is 16.9 Å². The van der Waals surface area contributed by atoms with Crippen LogP contribution in [0.1, 0.15) is 32.1 Å². The van der Waals surface area contributed by atoms with Gasteiger partial charge in [0.05, 0.1) is 17.1 Å². The molecule has 1 aliphatic rings. The molecule has 0 aliphatic heterocycles. The third-order valence-corrected chi connectivity index (χ3v) is 5.52. The van der Waals surface area contributed by atoms with Crippen LogP contribution in [0.25, 0.3) is 10.2 Å². The van der Waals surface area contributed by atoms with Crippen molar-refractivity contribution >= 4 is 50.3 Å². The van der Waals surface area contributed by atoms with E-state index in [0.29, 0.717) is 56.3 Å². The third-order valence-electron chi connectivity index (χ3n) is 4.41. The number of allylic oxidation sites excluding steroid dienone is 1. The smallest absolute Gasteiger partial charge is 0.267 e. The highest BCUT2D eigenvalue weighted by Gasteiger charge is 2.25. The number of hydrogen-bond donors (Lipinski definition) is 4. The lowest BCUT2D eigenvalue weighted by Gasteiger charge is -2.15. The summed E-state index contributed by atoms with van der Waals surface area (Å²) < 4.78 is 0. The van der Waals surface area contributed by atoms with Gasteiger partial charge in [-0.25, -0.2) is 4.98 Å². The van der Waals surface area contributed by atoms with E-state index in [1.54, 1.807) is 30.3 Å². The molecule has 0 fully saturated rings. The van der Waals surface area contributed by atoms with Gasteiger partial charge in [0.25, 0.3) is 5.91 Å². The van der Waals surface area contributed by atoms with Gasteiger partial charge in [0, 0.05) is 29.5 Å². The molecule has 2 aromatic heterocycles. The maximum absolute atomic E-state index is 12.6. The van der Waals surface area contributed by atoms with Crippen LogP contribution in [0.4, 0.5) is 17.1 Å². The van der Waals surface area contributed by atoms with E-state index in [1.165, 1.54) is 11.3 Å². The normalized spacial score (nSPS) is 13.5. The summed E-state index contributed by atoms with van der Waals surface area (Å²) in [5.74, 6) is -0.376. The number of pyridine rings is 1. The summed E-state index contributed by atoms with van der Waals surface area (Å²) >= 11 is 1.19. The summed E-state index contributed by atoms with van der Waals surface area (Å²) in [6.07, 6.45) is 0.873. The summed E-state index contributed by atoms with van der Waals surface area (Å²) in [6, 6.07) is 8.29. The first kappa shape index (κ1) is 17.2. The van der Waals surface area contributed by atoms with Gasteiger partial charge in [0.2, 0.25) is 0 Å². The Kier molecular flexibility index (Phi) is 4.14. The van der Waals surface area contributed by atoms with Crippen molar-refractivity contribution < 1.29 is 14.8 Å². The number of carbonyl (C=O) groups excluding carboxylic acids is 2. The topological polar surface area (TPSA) is 117 Å². The summed E-state index contributed by atoms with van der Waals surface area (Å²) in [5.41, 5.74) is 11.7. The number of anilines is 3. The van der Waals surface area contributed by atoms with Crippen molar-refractivity contribution in [2.45, 2.75) is 12.8 Å². The van der Waals surface area contributed by atoms with Crippen LogP contribution in [0.5, 0.6) is 0 Å². The van der Waals surface area contributed by atoms with Gasteiger partial charge in [0.15, 0.2) is 5.78 Å². The minimum absolute atomic E-state index is 0.0233. The predicted octanol–water partition coefficient (Wildman–Crippen LogP) is 3.62. The van der Waals surface area contributed by atoms with E-state index < -0.39 is 0 Å². The SMILES string of the molecule is C=C1CC(=O)c2cc3c(N)c(C(=O)Nc4ccc(NO)cc4)sc3nc2C1. The van der Waals surface area contributed by atoms with E-state index >= 15 is 0 Å². The Labute approximate surface area is 158 Å². The number of thiophene rings is 1. The highest BCUT2D eigenvalue weighted by atomic mass is 32.1. The molecule has 0 radical (unpaired) electrons. The number of hydrogen-bond acceptors (Lipinski definition) is 7. The fourth-order valence-electron chi connectivity index (χ4n) is 3.06. The summed E-state index contributed by atoms with van der Waals surface area (Å²) in [6.45, 7) is 3.89. The van der Waals surface area contributed by atoms with Gasteiger partial charge in [-0.1, -0.05) is 12.2 Å². The van der Waals surface area contributed by atoms with Crippen LogP contribution in [0.15, 0.2) is 42.5 Å². The largest absolute Gasteiger partial charge is 0.397 e. The van der Waals surface area contributed by atoms with Crippen LogP contribution in [-0.4, -0.2) is 21.9 Å². The highest BCUT2D eigenvalue weighted by Crippen LogP contribution is 2.36. The maximum atomic E-state index is 12.6. The monoisotopic (exact) mass is 380 g/mol. The van der Waals surface area contributed by atoms with E-state index in [-0.39, 0.29) is 11.7 Å². The standard InChI is InChI=1S/C19H16N4O3S/c1-9-6-14-12(15(24)7-9)8-13-16(20)17(27-19(13)22-14)18(25)21-10-2-4-11(23-26)5-3-10/h2-5,8,23,26H,1,6-7,20H2,(H,21,25). The number of nitrogens with two attached hydrogens (primary N) is 1. The van der Waals surface area contributed by atoms with Gasteiger partial charge in [-0.2, -0.15) is 0 Å². The molecule has 3 aromatic rings. The van der Waals surface area contributed by atoms with Crippen LogP contribution in [0.2, 0.25) is 0 Å². The van der Waals surface area contributed by atoms with E-state index in [1.807, 2.05) is 5.48 Å². The molecule has 0 spiro atoms. The second-order valence-corrected chi connectivity index (χ2v) is 7.35. The lowest BCUT2D eigenvalue weighted by atomic mass is 9.91. The lowest BCUT2D eigenvalue weighted by Crippen LogP contribution is -2.14. The van der Waals surface area contributed by atoms with E-state index in [0.717, 1.165) is 5.57 Å². The van der Waals surface area contributed by atoms with Crippen molar-refractivity contribution in [3.05, 3.63) is 58.6 Å². The number of carbonyl (C=O) groups is 2. The Balaban J connectivity index is 1.69. The number of fused-ring (bicyclic) bond motifs is 2. The second kappa shape index (κ2) is 6.49. The zero-order valence-corrected chi connectivity index (χ0v) is 15.0. The summed E-state index contributed by atoms with van der Waals surface area (Å²) in [4.78, 5) is 30.4. The van der Waals surface area contributed by atoms with Crippen LogP contribution in [0, 0.1) is 0 Å². The number of ketones is 1. The van der Waals surface area contributed by atoms with Gasteiger partial charge in [-0.05, 0) is 30.3 Å². The predicted molar refractivity (Wildman–Crippen MR) is 106 cm³/mol. The highest BCUT2D eigenvalue weighted by molar-refractivity contribution is 7.21. The van der Waals surface area contributed by atoms with Crippen molar-refractivity contribution in [3.8, 4) is 0 Å². The summed E-state index contributed by atoms with van der Waals surface area (Å²) in [7, 11) is 0. The quantitative estimate of drug-likeness (QED) is 0.407. The number of aromatic nitrogens is 1. The molecule has 4 rings (SSSR count). The molecule has 136 valence electrons. The molecule has 7 nitrogen and oxygen atoms in total. The Morgan fingerprint density at radius 2 is 1.93 bits per heavy atom. The van der Waals surface area contributed by atoms with Crippen LogP contribution < -0.4 is 16.5 Å². The van der Waals surface area contributed by atoms with Crippen molar-refractivity contribution in [2.75, 3.05) is 16.5 Å². The Morgan fingerprint density at radius 1 is 1.22 bits per heavy atom. The fraction of sp³-hybridized carbons (Fsp3) is 0.105. The molecule has 2 heterocycles. The number of nitrogens with zero attached hydrogens (tertiary/aromatic N) is 1. The molecular formula is C19H16N4O3S.